The van der Waals surface area contributed by atoms with Crippen LogP contribution in [0.1, 0.15) is 5.56 Å². The lowest BCUT2D eigenvalue weighted by atomic mass is 10.2. The smallest absolute Gasteiger partial charge is 0.159 e. The highest BCUT2D eigenvalue weighted by molar-refractivity contribution is 9.11. The minimum atomic E-state index is 0.563. The average Bonchev–Trinajstić information content (AvgIpc) is 2.41. The number of halogens is 2. The molecule has 0 bridgehead atoms. The first-order chi connectivity index (χ1) is 9.11. The molecule has 0 aliphatic rings. The van der Waals surface area contributed by atoms with Crippen molar-refractivity contribution in [3.8, 4) is 0 Å². The van der Waals surface area contributed by atoms with E-state index in [-0.39, 0.29) is 0 Å². The molecule has 0 aliphatic carbocycles. The molecule has 2 rings (SSSR count). The number of aromatic nitrogens is 2. The lowest BCUT2D eigenvalue weighted by molar-refractivity contribution is 0.886. The number of rotatable bonds is 4. The van der Waals surface area contributed by atoms with Gasteiger partial charge >= 0.3 is 0 Å². The minimum absolute atomic E-state index is 0.563. The second kappa shape index (κ2) is 6.31. The SMILES string of the molecule is CN(Cc1ccc(Br)cc1)c1ncnc(NN)c1Br. The third kappa shape index (κ3) is 3.43. The van der Waals surface area contributed by atoms with Crippen LogP contribution in [-0.4, -0.2) is 17.0 Å². The molecule has 0 saturated heterocycles. The Morgan fingerprint density at radius 2 is 1.89 bits per heavy atom. The lowest BCUT2D eigenvalue weighted by Crippen LogP contribution is -2.19. The van der Waals surface area contributed by atoms with Gasteiger partial charge in [-0.25, -0.2) is 15.8 Å². The van der Waals surface area contributed by atoms with Gasteiger partial charge in [0, 0.05) is 18.1 Å². The second-order valence-corrected chi connectivity index (χ2v) is 5.70. The molecule has 19 heavy (non-hydrogen) atoms. The van der Waals surface area contributed by atoms with Gasteiger partial charge in [0.25, 0.3) is 0 Å². The van der Waals surface area contributed by atoms with Crippen LogP contribution in [0.2, 0.25) is 0 Å². The zero-order chi connectivity index (χ0) is 13.8. The molecule has 1 heterocycles. The van der Waals surface area contributed by atoms with Crippen molar-refractivity contribution in [1.29, 1.82) is 0 Å². The van der Waals surface area contributed by atoms with E-state index in [1.807, 2.05) is 24.1 Å². The Balaban J connectivity index is 2.20. The van der Waals surface area contributed by atoms with E-state index in [1.165, 1.54) is 11.9 Å². The van der Waals surface area contributed by atoms with E-state index in [2.05, 4.69) is 59.4 Å². The van der Waals surface area contributed by atoms with Crippen molar-refractivity contribution in [3.63, 3.8) is 0 Å². The third-order valence-electron chi connectivity index (χ3n) is 2.60. The lowest BCUT2D eigenvalue weighted by Gasteiger charge is -2.20. The number of nitrogens with zero attached hydrogens (tertiary/aromatic N) is 3. The summed E-state index contributed by atoms with van der Waals surface area (Å²) in [7, 11) is 1.97. The molecule has 100 valence electrons. The van der Waals surface area contributed by atoms with Crippen molar-refractivity contribution in [2.45, 2.75) is 6.54 Å². The normalized spacial score (nSPS) is 10.3. The van der Waals surface area contributed by atoms with E-state index in [1.54, 1.807) is 0 Å². The quantitative estimate of drug-likeness (QED) is 0.624. The fourth-order valence-electron chi connectivity index (χ4n) is 1.67. The van der Waals surface area contributed by atoms with Crippen molar-refractivity contribution in [3.05, 3.63) is 45.1 Å². The van der Waals surface area contributed by atoms with Gasteiger partial charge in [-0.1, -0.05) is 28.1 Å². The average molecular weight is 387 g/mol. The summed E-state index contributed by atoms with van der Waals surface area (Å²) < 4.78 is 1.81. The molecule has 0 radical (unpaired) electrons. The fraction of sp³-hybridized carbons (Fsp3) is 0.167. The summed E-state index contributed by atoms with van der Waals surface area (Å²) in [5.74, 6) is 6.74. The maximum atomic E-state index is 5.39. The molecule has 1 aromatic heterocycles. The van der Waals surface area contributed by atoms with Crippen LogP contribution in [0.5, 0.6) is 0 Å². The number of hydrazine groups is 1. The Kier molecular flexibility index (Phi) is 4.73. The first-order valence-corrected chi connectivity index (χ1v) is 7.13. The Bertz CT molecular complexity index is 559. The maximum Gasteiger partial charge on any atom is 0.159 e. The molecule has 0 atom stereocenters. The molecule has 0 spiro atoms. The highest BCUT2D eigenvalue weighted by Crippen LogP contribution is 2.29. The Morgan fingerprint density at radius 1 is 1.21 bits per heavy atom. The zero-order valence-electron chi connectivity index (χ0n) is 10.3. The third-order valence-corrected chi connectivity index (χ3v) is 3.86. The predicted octanol–water partition coefficient (Wildman–Crippen LogP) is 2.92. The van der Waals surface area contributed by atoms with Crippen molar-refractivity contribution in [1.82, 2.24) is 9.97 Å². The molecule has 2 aromatic rings. The fourth-order valence-corrected chi connectivity index (χ4v) is 2.55. The Labute approximate surface area is 128 Å². The number of nitrogen functional groups attached to an aromatic ring is 1. The van der Waals surface area contributed by atoms with Crippen molar-refractivity contribution in [2.75, 3.05) is 17.4 Å². The minimum Gasteiger partial charge on any atom is -0.354 e. The van der Waals surface area contributed by atoms with Crippen molar-refractivity contribution in [2.24, 2.45) is 5.84 Å². The number of hydrogen-bond donors (Lipinski definition) is 2. The highest BCUT2D eigenvalue weighted by Gasteiger charge is 2.12. The van der Waals surface area contributed by atoms with Gasteiger partial charge in [0.15, 0.2) is 5.82 Å². The summed E-state index contributed by atoms with van der Waals surface area (Å²) in [6.07, 6.45) is 1.48. The van der Waals surface area contributed by atoms with E-state index in [0.717, 1.165) is 21.3 Å². The summed E-state index contributed by atoms with van der Waals surface area (Å²) in [4.78, 5) is 10.3. The van der Waals surface area contributed by atoms with Crippen LogP contribution in [0, 0.1) is 0 Å². The standard InChI is InChI=1S/C12H13Br2N5/c1-19(6-8-2-4-9(13)5-3-8)12-10(14)11(18-15)16-7-17-12/h2-5,7H,6,15H2,1H3,(H,16,17,18). The molecule has 3 N–H and O–H groups in total. The van der Waals surface area contributed by atoms with Gasteiger partial charge in [0.1, 0.15) is 16.6 Å². The molecular formula is C12H13Br2N5. The molecule has 1 aromatic carbocycles. The molecule has 0 fully saturated rings. The van der Waals surface area contributed by atoms with E-state index in [0.29, 0.717) is 5.82 Å². The number of hydrogen-bond acceptors (Lipinski definition) is 5. The van der Waals surface area contributed by atoms with Crippen molar-refractivity contribution < 1.29 is 0 Å². The number of nitrogens with one attached hydrogen (secondary N) is 1. The molecule has 0 saturated carbocycles. The van der Waals surface area contributed by atoms with Crippen LogP contribution in [0.4, 0.5) is 11.6 Å². The molecule has 5 nitrogen and oxygen atoms in total. The molecular weight excluding hydrogens is 374 g/mol. The monoisotopic (exact) mass is 385 g/mol. The van der Waals surface area contributed by atoms with Gasteiger partial charge in [0.05, 0.1) is 0 Å². The zero-order valence-corrected chi connectivity index (χ0v) is 13.4. The van der Waals surface area contributed by atoms with Gasteiger partial charge in [-0.05, 0) is 33.6 Å². The summed E-state index contributed by atoms with van der Waals surface area (Å²) >= 11 is 6.87. The van der Waals surface area contributed by atoms with Gasteiger partial charge < -0.3 is 10.3 Å². The number of nitrogens with two attached hydrogens (primary N) is 1. The van der Waals surface area contributed by atoms with Gasteiger partial charge in [-0.3, -0.25) is 0 Å². The molecule has 0 amide bonds. The summed E-state index contributed by atoms with van der Waals surface area (Å²) in [6, 6.07) is 8.17. The largest absolute Gasteiger partial charge is 0.354 e. The van der Waals surface area contributed by atoms with Crippen LogP contribution >= 0.6 is 31.9 Å². The van der Waals surface area contributed by atoms with Crippen LogP contribution in [-0.2, 0) is 6.54 Å². The summed E-state index contributed by atoms with van der Waals surface area (Å²) in [5, 5.41) is 0. The van der Waals surface area contributed by atoms with Crippen LogP contribution < -0.4 is 16.2 Å². The first-order valence-electron chi connectivity index (χ1n) is 5.54. The van der Waals surface area contributed by atoms with E-state index >= 15 is 0 Å². The van der Waals surface area contributed by atoms with Gasteiger partial charge in [-0.2, -0.15) is 0 Å². The Hall–Kier alpha value is -1.18. The number of benzene rings is 1. The summed E-state index contributed by atoms with van der Waals surface area (Å²) in [6.45, 7) is 0.743. The molecule has 7 heteroatoms. The van der Waals surface area contributed by atoms with Crippen molar-refractivity contribution >= 4 is 43.5 Å². The molecule has 0 aliphatic heterocycles. The van der Waals surface area contributed by atoms with Crippen LogP contribution in [0.3, 0.4) is 0 Å². The number of anilines is 2. The van der Waals surface area contributed by atoms with Crippen LogP contribution in [0.15, 0.2) is 39.5 Å². The Morgan fingerprint density at radius 3 is 2.53 bits per heavy atom. The van der Waals surface area contributed by atoms with Crippen LogP contribution in [0.25, 0.3) is 0 Å². The van der Waals surface area contributed by atoms with E-state index in [9.17, 15) is 0 Å². The van der Waals surface area contributed by atoms with Gasteiger partial charge in [-0.15, -0.1) is 0 Å². The van der Waals surface area contributed by atoms with E-state index < -0.39 is 0 Å². The topological polar surface area (TPSA) is 67.1 Å². The highest BCUT2D eigenvalue weighted by atomic mass is 79.9. The maximum absolute atomic E-state index is 5.39. The predicted molar refractivity (Wildman–Crippen MR) is 83.8 cm³/mol. The molecule has 0 unspecified atom stereocenters. The first kappa shape index (κ1) is 14.2. The van der Waals surface area contributed by atoms with Gasteiger partial charge in [0.2, 0.25) is 0 Å². The summed E-state index contributed by atoms with van der Waals surface area (Å²) in [5.41, 5.74) is 3.72. The van der Waals surface area contributed by atoms with E-state index in [4.69, 9.17) is 5.84 Å². The second-order valence-electron chi connectivity index (χ2n) is 3.99.